The van der Waals surface area contributed by atoms with Crippen molar-refractivity contribution in [3.05, 3.63) is 29.6 Å². The smallest absolute Gasteiger partial charge is 0.422 e. The number of rotatable bonds is 4. The number of anilines is 1. The van der Waals surface area contributed by atoms with Gasteiger partial charge < -0.3 is 9.64 Å². The van der Waals surface area contributed by atoms with Gasteiger partial charge in [-0.15, -0.1) is 0 Å². The summed E-state index contributed by atoms with van der Waals surface area (Å²) in [6, 6.07) is 3.32. The molecule has 1 heterocycles. The highest BCUT2D eigenvalue weighted by atomic mass is 19.1. The van der Waals surface area contributed by atoms with E-state index >= 15 is 0 Å². The molecule has 2 amide bonds. The lowest BCUT2D eigenvalue weighted by Crippen LogP contribution is -2.49. The van der Waals surface area contributed by atoms with Crippen LogP contribution in [0, 0.1) is 5.82 Å². The highest BCUT2D eigenvalue weighted by Gasteiger charge is 2.34. The molecule has 7 nitrogen and oxygen atoms in total. The SMILES string of the molecule is CC(=O)c1ccc(N2CC[C@H](NNC(=O)OC(C)(C)C)C2=O)c(F)c1. The van der Waals surface area contributed by atoms with Crippen LogP contribution in [0.2, 0.25) is 0 Å². The van der Waals surface area contributed by atoms with Crippen LogP contribution >= 0.6 is 0 Å². The molecule has 0 bridgehead atoms. The first-order valence-electron chi connectivity index (χ1n) is 7.95. The third-order valence-corrected chi connectivity index (χ3v) is 3.60. The monoisotopic (exact) mass is 351 g/mol. The van der Waals surface area contributed by atoms with E-state index in [-0.39, 0.29) is 22.9 Å². The number of hydrazine groups is 1. The Balaban J connectivity index is 2.00. The van der Waals surface area contributed by atoms with Crippen molar-refractivity contribution in [3.63, 3.8) is 0 Å². The van der Waals surface area contributed by atoms with Gasteiger partial charge in [0.05, 0.1) is 5.69 Å². The Morgan fingerprint density at radius 3 is 2.56 bits per heavy atom. The van der Waals surface area contributed by atoms with Gasteiger partial charge in [-0.1, -0.05) is 0 Å². The molecule has 1 aromatic carbocycles. The summed E-state index contributed by atoms with van der Waals surface area (Å²) in [5.74, 6) is -1.26. The molecule has 1 atom stereocenters. The van der Waals surface area contributed by atoms with Crippen molar-refractivity contribution in [2.45, 2.75) is 45.8 Å². The molecular weight excluding hydrogens is 329 g/mol. The lowest BCUT2D eigenvalue weighted by molar-refractivity contribution is -0.119. The molecule has 0 saturated carbocycles. The van der Waals surface area contributed by atoms with Crippen LogP contribution in [0.15, 0.2) is 18.2 Å². The molecule has 0 spiro atoms. The van der Waals surface area contributed by atoms with Crippen LogP contribution in [-0.2, 0) is 9.53 Å². The van der Waals surface area contributed by atoms with Crippen LogP contribution in [0.1, 0.15) is 44.5 Å². The number of nitrogens with zero attached hydrogens (tertiary/aromatic N) is 1. The molecule has 1 aliphatic rings. The lowest BCUT2D eigenvalue weighted by atomic mass is 10.1. The van der Waals surface area contributed by atoms with Gasteiger partial charge in [0.2, 0.25) is 5.91 Å². The summed E-state index contributed by atoms with van der Waals surface area (Å²) in [5, 5.41) is 0. The summed E-state index contributed by atoms with van der Waals surface area (Å²) >= 11 is 0. The molecule has 8 heteroatoms. The highest BCUT2D eigenvalue weighted by molar-refractivity contribution is 6.00. The van der Waals surface area contributed by atoms with Gasteiger partial charge in [-0.05, 0) is 52.3 Å². The molecule has 1 aliphatic heterocycles. The number of hydrogen-bond acceptors (Lipinski definition) is 5. The molecule has 2 rings (SSSR count). The van der Waals surface area contributed by atoms with Gasteiger partial charge in [0.1, 0.15) is 17.5 Å². The molecule has 0 aliphatic carbocycles. The number of amides is 2. The Labute approximate surface area is 145 Å². The van der Waals surface area contributed by atoms with E-state index in [0.29, 0.717) is 13.0 Å². The molecule has 0 aromatic heterocycles. The molecule has 2 N–H and O–H groups in total. The maximum Gasteiger partial charge on any atom is 0.422 e. The van der Waals surface area contributed by atoms with E-state index in [1.807, 2.05) is 0 Å². The number of ether oxygens (including phenoxy) is 1. The minimum absolute atomic E-state index is 0.108. The van der Waals surface area contributed by atoms with Crippen molar-refractivity contribution in [2.75, 3.05) is 11.4 Å². The Hall–Kier alpha value is -2.48. The van der Waals surface area contributed by atoms with Gasteiger partial charge in [-0.2, -0.15) is 0 Å². The van der Waals surface area contributed by atoms with Crippen molar-refractivity contribution < 1.29 is 23.5 Å². The van der Waals surface area contributed by atoms with Gasteiger partial charge in [0.25, 0.3) is 0 Å². The normalized spacial score (nSPS) is 17.6. The first-order chi connectivity index (χ1) is 11.6. The highest BCUT2D eigenvalue weighted by Crippen LogP contribution is 2.25. The quantitative estimate of drug-likeness (QED) is 0.641. The summed E-state index contributed by atoms with van der Waals surface area (Å²) < 4.78 is 19.3. The Morgan fingerprint density at radius 1 is 1.32 bits per heavy atom. The minimum Gasteiger partial charge on any atom is -0.443 e. The van der Waals surface area contributed by atoms with E-state index in [1.54, 1.807) is 20.8 Å². The second kappa shape index (κ2) is 7.18. The van der Waals surface area contributed by atoms with Crippen molar-refractivity contribution in [1.82, 2.24) is 10.9 Å². The molecule has 0 unspecified atom stereocenters. The van der Waals surface area contributed by atoms with E-state index in [2.05, 4.69) is 10.9 Å². The maximum absolute atomic E-state index is 14.2. The number of carbonyl (C=O) groups is 3. The number of carbonyl (C=O) groups excluding carboxylic acids is 3. The van der Waals surface area contributed by atoms with Crippen molar-refractivity contribution in [1.29, 1.82) is 0 Å². The van der Waals surface area contributed by atoms with E-state index in [0.717, 1.165) is 6.07 Å². The average molecular weight is 351 g/mol. The zero-order chi connectivity index (χ0) is 18.8. The maximum atomic E-state index is 14.2. The number of ketones is 1. The van der Waals surface area contributed by atoms with Gasteiger partial charge in [0.15, 0.2) is 5.78 Å². The molecule has 0 radical (unpaired) electrons. The van der Waals surface area contributed by atoms with Crippen LogP contribution in [0.4, 0.5) is 14.9 Å². The van der Waals surface area contributed by atoms with Gasteiger partial charge in [0, 0.05) is 12.1 Å². The van der Waals surface area contributed by atoms with Gasteiger partial charge in [-0.3, -0.25) is 15.0 Å². The van der Waals surface area contributed by atoms with Crippen LogP contribution in [0.5, 0.6) is 0 Å². The molecule has 1 aromatic rings. The van der Waals surface area contributed by atoms with Crippen LogP contribution < -0.4 is 15.8 Å². The number of halogens is 1. The van der Waals surface area contributed by atoms with E-state index in [1.165, 1.54) is 24.0 Å². The first-order valence-corrected chi connectivity index (χ1v) is 7.95. The summed E-state index contributed by atoms with van der Waals surface area (Å²) in [6.07, 6.45) is -0.307. The standard InChI is InChI=1S/C17H22FN3O4/c1-10(22)11-5-6-14(12(18)9-11)21-8-7-13(15(21)23)19-20-16(24)25-17(2,3)4/h5-6,9,13,19H,7-8H2,1-4H3,(H,20,24)/t13-/m0/s1. The number of Topliss-reactive ketones (excluding diaryl/α,β-unsaturated/α-hetero) is 1. The zero-order valence-corrected chi connectivity index (χ0v) is 14.7. The molecular formula is C17H22FN3O4. The van der Waals surface area contributed by atoms with E-state index in [9.17, 15) is 18.8 Å². The first kappa shape index (κ1) is 18.9. The van der Waals surface area contributed by atoms with E-state index < -0.39 is 23.6 Å². The van der Waals surface area contributed by atoms with Gasteiger partial charge >= 0.3 is 6.09 Å². The van der Waals surface area contributed by atoms with Crippen molar-refractivity contribution in [2.24, 2.45) is 0 Å². The van der Waals surface area contributed by atoms with Crippen molar-refractivity contribution in [3.8, 4) is 0 Å². The Kier molecular flexibility index (Phi) is 5.42. The Morgan fingerprint density at radius 2 is 2.00 bits per heavy atom. The molecule has 136 valence electrons. The topological polar surface area (TPSA) is 87.7 Å². The fourth-order valence-corrected chi connectivity index (χ4v) is 2.45. The second-order valence-electron chi connectivity index (χ2n) is 6.82. The largest absolute Gasteiger partial charge is 0.443 e. The fraction of sp³-hybridized carbons (Fsp3) is 0.471. The third-order valence-electron chi connectivity index (χ3n) is 3.60. The number of nitrogens with one attached hydrogen (secondary N) is 2. The summed E-state index contributed by atoms with van der Waals surface area (Å²) in [5.41, 5.74) is 4.63. The molecule has 25 heavy (non-hydrogen) atoms. The van der Waals surface area contributed by atoms with E-state index in [4.69, 9.17) is 4.74 Å². The summed E-state index contributed by atoms with van der Waals surface area (Å²) in [4.78, 5) is 36.6. The minimum atomic E-state index is -0.698. The van der Waals surface area contributed by atoms with Crippen LogP contribution in [0.25, 0.3) is 0 Å². The van der Waals surface area contributed by atoms with Crippen LogP contribution in [-0.4, -0.2) is 36.0 Å². The average Bonchev–Trinajstić information content (AvgIpc) is 2.84. The second-order valence-corrected chi connectivity index (χ2v) is 6.82. The van der Waals surface area contributed by atoms with Crippen LogP contribution in [0.3, 0.4) is 0 Å². The third kappa shape index (κ3) is 4.76. The zero-order valence-electron chi connectivity index (χ0n) is 14.7. The number of benzene rings is 1. The van der Waals surface area contributed by atoms with Gasteiger partial charge in [-0.25, -0.2) is 14.6 Å². The Bertz CT molecular complexity index is 700. The predicted molar refractivity (Wildman–Crippen MR) is 89.7 cm³/mol. The summed E-state index contributed by atoms with van der Waals surface area (Å²) in [7, 11) is 0. The molecule has 1 fully saturated rings. The summed E-state index contributed by atoms with van der Waals surface area (Å²) in [6.45, 7) is 6.81. The predicted octanol–water partition coefficient (Wildman–Crippen LogP) is 2.16. The lowest BCUT2D eigenvalue weighted by Gasteiger charge is -2.21. The fourth-order valence-electron chi connectivity index (χ4n) is 2.45. The number of hydrogen-bond donors (Lipinski definition) is 2. The van der Waals surface area contributed by atoms with Crippen molar-refractivity contribution >= 4 is 23.5 Å². The molecule has 1 saturated heterocycles.